The number of aromatic amines is 1. The van der Waals surface area contributed by atoms with Crippen LogP contribution in [0.2, 0.25) is 0 Å². The Labute approximate surface area is 231 Å². The molecule has 1 saturated carbocycles. The number of fused-ring (bicyclic) bond motifs is 2. The third-order valence-electron chi connectivity index (χ3n) is 9.18. The number of Topliss-reactive ketones (excluding diaryl/α,β-unsaturated/α-hetero) is 1. The van der Waals surface area contributed by atoms with Gasteiger partial charge >= 0.3 is 0 Å². The summed E-state index contributed by atoms with van der Waals surface area (Å²) >= 11 is 0. The maximum Gasteiger partial charge on any atom is 0.169 e. The zero-order valence-corrected chi connectivity index (χ0v) is 23.0. The lowest BCUT2D eigenvalue weighted by Crippen LogP contribution is -2.44. The zero-order chi connectivity index (χ0) is 26.6. The Hall–Kier alpha value is -2.90. The van der Waals surface area contributed by atoms with Gasteiger partial charge in [-0.25, -0.2) is 0 Å². The van der Waals surface area contributed by atoms with Crippen molar-refractivity contribution in [3.63, 3.8) is 0 Å². The number of aromatic nitrogens is 2. The van der Waals surface area contributed by atoms with E-state index in [-0.39, 0.29) is 17.5 Å². The van der Waals surface area contributed by atoms with E-state index in [1.54, 1.807) is 6.07 Å². The van der Waals surface area contributed by atoms with Crippen LogP contribution in [-0.4, -0.2) is 65.3 Å². The first kappa shape index (κ1) is 26.3. The Morgan fingerprint density at radius 2 is 1.85 bits per heavy atom. The molecule has 1 saturated heterocycles. The highest BCUT2D eigenvalue weighted by atomic mass is 16.5. The van der Waals surface area contributed by atoms with Crippen molar-refractivity contribution in [1.29, 1.82) is 0 Å². The van der Waals surface area contributed by atoms with Gasteiger partial charge in [0.25, 0.3) is 0 Å². The summed E-state index contributed by atoms with van der Waals surface area (Å²) in [6.07, 6.45) is 10.5. The largest absolute Gasteiger partial charge is 0.507 e. The maximum absolute atomic E-state index is 13.7. The molecule has 1 unspecified atom stereocenters. The second kappa shape index (κ2) is 12.1. The number of phenolic OH excluding ortho intramolecular Hbond substituents is 1. The predicted octanol–water partition coefficient (Wildman–Crippen LogP) is 5.05. The van der Waals surface area contributed by atoms with Gasteiger partial charge in [0.1, 0.15) is 18.1 Å². The molecule has 39 heavy (non-hydrogen) atoms. The summed E-state index contributed by atoms with van der Waals surface area (Å²) in [4.78, 5) is 16.1. The van der Waals surface area contributed by atoms with E-state index >= 15 is 0 Å². The molecule has 3 aromatic rings. The van der Waals surface area contributed by atoms with Crippen molar-refractivity contribution >= 4 is 16.7 Å². The number of ketones is 1. The van der Waals surface area contributed by atoms with Gasteiger partial charge in [-0.05, 0) is 73.8 Å². The highest BCUT2D eigenvalue weighted by Gasteiger charge is 2.26. The van der Waals surface area contributed by atoms with E-state index in [0.29, 0.717) is 18.1 Å². The summed E-state index contributed by atoms with van der Waals surface area (Å²) in [6.45, 7) is 5.96. The lowest BCUT2D eigenvalue weighted by atomic mass is 9.83. The molecule has 7 nitrogen and oxygen atoms in total. The molecule has 0 spiro atoms. The van der Waals surface area contributed by atoms with E-state index in [4.69, 9.17) is 4.74 Å². The summed E-state index contributed by atoms with van der Waals surface area (Å²) in [5.41, 5.74) is 4.96. The molecule has 1 aliphatic heterocycles. The number of carbonyl (C=O) groups excluding carboxylic acids is 1. The van der Waals surface area contributed by atoms with Crippen molar-refractivity contribution in [2.45, 2.75) is 64.2 Å². The molecule has 0 amide bonds. The minimum atomic E-state index is -0.0818. The minimum Gasteiger partial charge on any atom is -0.507 e. The first-order chi connectivity index (χ1) is 19.1. The average Bonchev–Trinajstić information content (AvgIpc) is 3.59. The number of aromatic hydroxyl groups is 1. The molecule has 208 valence electrons. The Morgan fingerprint density at radius 3 is 2.69 bits per heavy atom. The number of aryl methyl sites for hydroxylation is 2. The van der Waals surface area contributed by atoms with Crippen LogP contribution < -0.4 is 10.1 Å². The fourth-order valence-electron chi connectivity index (χ4n) is 6.84. The van der Waals surface area contributed by atoms with Crippen molar-refractivity contribution in [2.24, 2.45) is 11.8 Å². The molecule has 1 aromatic heterocycles. The predicted molar refractivity (Wildman–Crippen MR) is 154 cm³/mol. The van der Waals surface area contributed by atoms with Crippen LogP contribution in [0.3, 0.4) is 0 Å². The summed E-state index contributed by atoms with van der Waals surface area (Å²) in [5.74, 6) is 1.67. The van der Waals surface area contributed by atoms with Crippen molar-refractivity contribution < 1.29 is 14.6 Å². The average molecular weight is 531 g/mol. The van der Waals surface area contributed by atoms with Crippen LogP contribution >= 0.6 is 0 Å². The second-order valence-corrected chi connectivity index (χ2v) is 11.8. The zero-order valence-electron chi connectivity index (χ0n) is 23.0. The Balaban J connectivity index is 1.10. The van der Waals surface area contributed by atoms with Crippen LogP contribution in [-0.2, 0) is 19.3 Å². The number of benzene rings is 2. The molecule has 0 radical (unpaired) electrons. The summed E-state index contributed by atoms with van der Waals surface area (Å²) in [6, 6.07) is 10.1. The minimum absolute atomic E-state index is 0.0635. The molecule has 2 heterocycles. The van der Waals surface area contributed by atoms with E-state index in [0.717, 1.165) is 93.6 Å². The lowest BCUT2D eigenvalue weighted by Gasteiger charge is -2.27. The summed E-state index contributed by atoms with van der Waals surface area (Å²) in [7, 11) is 0. The SMILES string of the molecule is O=C(c1cc2c(CC3CCCC3)n[nH]c2cc1O)C1CCCc2cc(OCCN3CCNCC3)ccc2CC1. The van der Waals surface area contributed by atoms with Crippen molar-refractivity contribution in [3.8, 4) is 11.5 Å². The molecule has 7 heteroatoms. The van der Waals surface area contributed by atoms with Crippen LogP contribution in [0.5, 0.6) is 11.5 Å². The van der Waals surface area contributed by atoms with E-state index in [1.807, 2.05) is 6.07 Å². The Bertz CT molecular complexity index is 1290. The number of ether oxygens (including phenoxy) is 1. The van der Waals surface area contributed by atoms with Crippen LogP contribution in [0.15, 0.2) is 30.3 Å². The van der Waals surface area contributed by atoms with Gasteiger partial charge in [0.05, 0.1) is 16.8 Å². The summed E-state index contributed by atoms with van der Waals surface area (Å²) < 4.78 is 6.11. The Morgan fingerprint density at radius 1 is 1.00 bits per heavy atom. The number of hydrogen-bond donors (Lipinski definition) is 3. The number of nitrogens with zero attached hydrogens (tertiary/aromatic N) is 2. The van der Waals surface area contributed by atoms with E-state index < -0.39 is 0 Å². The van der Waals surface area contributed by atoms with Crippen molar-refractivity contribution in [3.05, 3.63) is 52.7 Å². The molecule has 2 aromatic carbocycles. The number of piperazine rings is 1. The van der Waals surface area contributed by atoms with Crippen LogP contribution in [0, 0.1) is 11.8 Å². The maximum atomic E-state index is 13.7. The fraction of sp³-hybridized carbons (Fsp3) is 0.562. The number of nitrogens with one attached hydrogen (secondary N) is 2. The van der Waals surface area contributed by atoms with Gasteiger partial charge in [-0.3, -0.25) is 14.8 Å². The van der Waals surface area contributed by atoms with Gasteiger partial charge in [0.15, 0.2) is 5.78 Å². The quantitative estimate of drug-likeness (QED) is 0.353. The second-order valence-electron chi connectivity index (χ2n) is 11.8. The Kier molecular flexibility index (Phi) is 8.16. The smallest absolute Gasteiger partial charge is 0.169 e. The molecule has 3 aliphatic rings. The topological polar surface area (TPSA) is 90.5 Å². The van der Waals surface area contributed by atoms with Crippen molar-refractivity contribution in [2.75, 3.05) is 39.3 Å². The van der Waals surface area contributed by atoms with E-state index in [9.17, 15) is 9.90 Å². The normalized spacial score (nSPS) is 21.0. The lowest BCUT2D eigenvalue weighted by molar-refractivity contribution is 0.0901. The van der Waals surface area contributed by atoms with Crippen LogP contribution in [0.4, 0.5) is 0 Å². The van der Waals surface area contributed by atoms with Gasteiger partial charge in [-0.2, -0.15) is 5.10 Å². The number of rotatable bonds is 8. The van der Waals surface area contributed by atoms with Crippen molar-refractivity contribution in [1.82, 2.24) is 20.4 Å². The molecule has 3 N–H and O–H groups in total. The molecule has 1 atom stereocenters. The number of hydrogen-bond acceptors (Lipinski definition) is 6. The first-order valence-electron chi connectivity index (χ1n) is 15.1. The molecule has 0 bridgehead atoms. The third kappa shape index (κ3) is 6.15. The highest BCUT2D eigenvalue weighted by Crippen LogP contribution is 2.35. The molecule has 6 rings (SSSR count). The number of phenols is 1. The number of H-pyrrole nitrogens is 1. The molecular weight excluding hydrogens is 488 g/mol. The van der Waals surface area contributed by atoms with E-state index in [1.165, 1.54) is 36.8 Å². The summed E-state index contributed by atoms with van der Waals surface area (Å²) in [5, 5.41) is 22.8. The van der Waals surface area contributed by atoms with Gasteiger partial charge in [0.2, 0.25) is 0 Å². The standard InChI is InChI=1S/C32H42N4O3/c37-31-21-30-27(29(34-35-30)18-22-4-1-2-5-22)20-28(31)32(38)24-6-3-7-25-19-26(11-10-23(25)8-9-24)39-17-16-36-14-12-33-13-15-36/h10-11,19-22,24,33,37H,1-9,12-18H2,(H,34,35). The third-order valence-corrected chi connectivity index (χ3v) is 9.18. The van der Waals surface area contributed by atoms with Gasteiger partial charge in [0, 0.05) is 50.1 Å². The molecule has 2 aliphatic carbocycles. The van der Waals surface area contributed by atoms with Crippen LogP contribution in [0.1, 0.15) is 72.1 Å². The van der Waals surface area contributed by atoms with E-state index in [2.05, 4.69) is 38.6 Å². The molecule has 2 fully saturated rings. The van der Waals surface area contributed by atoms with Gasteiger partial charge in [-0.15, -0.1) is 0 Å². The molecular formula is C32H42N4O3. The van der Waals surface area contributed by atoms with Crippen LogP contribution in [0.25, 0.3) is 10.9 Å². The fourth-order valence-corrected chi connectivity index (χ4v) is 6.84. The first-order valence-corrected chi connectivity index (χ1v) is 15.1. The highest BCUT2D eigenvalue weighted by molar-refractivity contribution is 6.03. The van der Waals surface area contributed by atoms with Gasteiger partial charge in [-0.1, -0.05) is 31.7 Å². The van der Waals surface area contributed by atoms with Gasteiger partial charge < -0.3 is 15.2 Å². The monoisotopic (exact) mass is 530 g/mol. The number of carbonyl (C=O) groups is 1.